The van der Waals surface area contributed by atoms with Gasteiger partial charge in [-0.2, -0.15) is 0 Å². The molecule has 0 atom stereocenters. The van der Waals surface area contributed by atoms with Crippen LogP contribution in [0.2, 0.25) is 0 Å². The third-order valence-corrected chi connectivity index (χ3v) is 5.35. The Hall–Kier alpha value is -2.55. The lowest BCUT2D eigenvalue weighted by Gasteiger charge is -2.18. The van der Waals surface area contributed by atoms with Crippen LogP contribution in [0.15, 0.2) is 29.4 Å². The minimum absolute atomic E-state index is 0.0868. The number of rotatable bonds is 7. The van der Waals surface area contributed by atoms with Crippen molar-refractivity contribution in [3.05, 3.63) is 29.8 Å². The molecule has 1 aliphatic rings. The van der Waals surface area contributed by atoms with E-state index in [0.29, 0.717) is 11.7 Å². The molecular formula is C19H26N6O2S. The molecule has 0 saturated carbocycles. The van der Waals surface area contributed by atoms with E-state index >= 15 is 0 Å². The van der Waals surface area contributed by atoms with E-state index in [1.165, 1.54) is 17.3 Å². The van der Waals surface area contributed by atoms with Crippen molar-refractivity contribution in [3.8, 4) is 5.69 Å². The Morgan fingerprint density at radius 1 is 1.14 bits per heavy atom. The van der Waals surface area contributed by atoms with Crippen LogP contribution in [0.4, 0.5) is 10.7 Å². The first kappa shape index (κ1) is 20.2. The van der Waals surface area contributed by atoms with Gasteiger partial charge in [0.1, 0.15) is 0 Å². The highest BCUT2D eigenvalue weighted by Gasteiger charge is 2.23. The molecule has 2 aromatic rings. The van der Waals surface area contributed by atoms with Crippen LogP contribution >= 0.6 is 11.8 Å². The van der Waals surface area contributed by atoms with Crippen molar-refractivity contribution < 1.29 is 9.59 Å². The average Bonchev–Trinajstić information content (AvgIpc) is 3.35. The molecule has 1 aliphatic heterocycles. The highest BCUT2D eigenvalue weighted by molar-refractivity contribution is 7.99. The van der Waals surface area contributed by atoms with Gasteiger partial charge in [0, 0.05) is 19.6 Å². The number of thioether (sulfide) groups is 1. The summed E-state index contributed by atoms with van der Waals surface area (Å²) in [7, 11) is 0. The van der Waals surface area contributed by atoms with E-state index in [2.05, 4.69) is 25.7 Å². The maximum absolute atomic E-state index is 12.1. The molecule has 1 fully saturated rings. The van der Waals surface area contributed by atoms with Crippen LogP contribution in [0, 0.1) is 6.92 Å². The summed E-state index contributed by atoms with van der Waals surface area (Å²) in [6.07, 6.45) is 3.09. The van der Waals surface area contributed by atoms with Gasteiger partial charge >= 0.3 is 6.03 Å². The average molecular weight is 403 g/mol. The molecule has 2 N–H and O–H groups in total. The summed E-state index contributed by atoms with van der Waals surface area (Å²) in [4.78, 5) is 25.9. The number of hydrogen-bond donors (Lipinski definition) is 2. The number of benzene rings is 1. The minimum Gasteiger partial charge on any atom is -0.341 e. The summed E-state index contributed by atoms with van der Waals surface area (Å²) in [6.45, 7) is 6.43. The van der Waals surface area contributed by atoms with Crippen LogP contribution in [0.5, 0.6) is 0 Å². The van der Waals surface area contributed by atoms with Crippen molar-refractivity contribution >= 4 is 29.6 Å². The van der Waals surface area contributed by atoms with Crippen molar-refractivity contribution in [1.29, 1.82) is 0 Å². The Labute approximate surface area is 169 Å². The quantitative estimate of drug-likeness (QED) is 0.692. The first-order valence-electron chi connectivity index (χ1n) is 9.56. The van der Waals surface area contributed by atoms with E-state index in [4.69, 9.17) is 0 Å². The number of nitrogens with one attached hydrogen (secondary N) is 2. The molecule has 1 aromatic heterocycles. The molecule has 3 amide bonds. The largest absolute Gasteiger partial charge is 0.341 e. The van der Waals surface area contributed by atoms with Gasteiger partial charge in [0.05, 0.1) is 11.4 Å². The summed E-state index contributed by atoms with van der Waals surface area (Å²) in [5.41, 5.74) is 2.13. The molecule has 28 heavy (non-hydrogen) atoms. The van der Waals surface area contributed by atoms with Crippen molar-refractivity contribution in [3.63, 3.8) is 0 Å². The summed E-state index contributed by atoms with van der Waals surface area (Å²) in [5.74, 6) is 0.522. The zero-order valence-electron chi connectivity index (χ0n) is 16.3. The third-order valence-electron chi connectivity index (χ3n) is 4.42. The van der Waals surface area contributed by atoms with Crippen LogP contribution < -0.4 is 15.5 Å². The fourth-order valence-corrected chi connectivity index (χ4v) is 3.72. The van der Waals surface area contributed by atoms with E-state index in [9.17, 15) is 9.59 Å². The number of urea groups is 1. The number of carbonyl (C=O) groups is 2. The van der Waals surface area contributed by atoms with Crippen molar-refractivity contribution in [1.82, 2.24) is 25.4 Å². The van der Waals surface area contributed by atoms with Gasteiger partial charge in [-0.3, -0.25) is 14.7 Å². The summed E-state index contributed by atoms with van der Waals surface area (Å²) in [5, 5.41) is 14.3. The first-order valence-corrected chi connectivity index (χ1v) is 10.5. The summed E-state index contributed by atoms with van der Waals surface area (Å²) < 4.78 is 1.99. The van der Waals surface area contributed by atoms with Gasteiger partial charge in [-0.25, -0.2) is 4.79 Å². The monoisotopic (exact) mass is 402 g/mol. The Morgan fingerprint density at radius 3 is 2.54 bits per heavy atom. The molecule has 0 radical (unpaired) electrons. The molecule has 3 rings (SSSR count). The zero-order valence-corrected chi connectivity index (χ0v) is 17.1. The summed E-state index contributed by atoms with van der Waals surface area (Å²) in [6, 6.07) is 7.68. The van der Waals surface area contributed by atoms with Crippen LogP contribution in [-0.2, 0) is 4.79 Å². The molecule has 150 valence electrons. The second kappa shape index (κ2) is 9.59. The molecule has 0 bridgehead atoms. The number of carbonyl (C=O) groups excluding carboxylic acids is 2. The van der Waals surface area contributed by atoms with Crippen LogP contribution in [-0.4, -0.2) is 52.1 Å². The second-order valence-corrected chi connectivity index (χ2v) is 7.68. The van der Waals surface area contributed by atoms with E-state index < -0.39 is 6.03 Å². The lowest BCUT2D eigenvalue weighted by molar-refractivity contribution is -0.117. The SMILES string of the molecule is CCCNC(=O)NC(=O)CSc1nnc(N2CCCC2)n1-c1ccc(C)cc1. The fraction of sp³-hybridized carbons (Fsp3) is 0.474. The number of amides is 3. The lowest BCUT2D eigenvalue weighted by Crippen LogP contribution is -2.40. The lowest BCUT2D eigenvalue weighted by atomic mass is 10.2. The van der Waals surface area contributed by atoms with Gasteiger partial charge in [-0.05, 0) is 38.3 Å². The molecule has 9 heteroatoms. The number of hydrogen-bond acceptors (Lipinski definition) is 6. The van der Waals surface area contributed by atoms with Gasteiger partial charge in [0.25, 0.3) is 0 Å². The van der Waals surface area contributed by atoms with Crippen LogP contribution in [0.25, 0.3) is 5.69 Å². The Kier molecular flexibility index (Phi) is 6.91. The predicted molar refractivity (Wildman–Crippen MR) is 110 cm³/mol. The van der Waals surface area contributed by atoms with E-state index in [0.717, 1.165) is 44.0 Å². The third kappa shape index (κ3) is 5.03. The minimum atomic E-state index is -0.467. The standard InChI is InChI=1S/C19H26N6O2S/c1-3-10-20-17(27)21-16(26)13-28-19-23-22-18(24-11-4-5-12-24)25(19)15-8-6-14(2)7-9-15/h6-9H,3-5,10-13H2,1-2H3,(H2,20,21,26,27). The predicted octanol–water partition coefficient (Wildman–Crippen LogP) is 2.50. The fourth-order valence-electron chi connectivity index (χ4n) is 2.97. The maximum Gasteiger partial charge on any atom is 0.321 e. The highest BCUT2D eigenvalue weighted by Crippen LogP contribution is 2.28. The molecule has 1 aromatic carbocycles. The highest BCUT2D eigenvalue weighted by atomic mass is 32.2. The zero-order chi connectivity index (χ0) is 19.9. The molecule has 0 spiro atoms. The van der Waals surface area contributed by atoms with Crippen LogP contribution in [0.3, 0.4) is 0 Å². The second-order valence-electron chi connectivity index (χ2n) is 6.74. The van der Waals surface area contributed by atoms with E-state index in [1.54, 1.807) is 0 Å². The Bertz CT molecular complexity index is 814. The molecule has 2 heterocycles. The topological polar surface area (TPSA) is 92.2 Å². The maximum atomic E-state index is 12.1. The number of aryl methyl sites for hydroxylation is 1. The molecule has 8 nitrogen and oxygen atoms in total. The molecule has 0 unspecified atom stereocenters. The number of anilines is 1. The number of aromatic nitrogens is 3. The molecular weight excluding hydrogens is 376 g/mol. The summed E-state index contributed by atoms with van der Waals surface area (Å²) >= 11 is 1.27. The van der Waals surface area contributed by atoms with Crippen molar-refractivity contribution in [2.75, 3.05) is 30.3 Å². The van der Waals surface area contributed by atoms with Gasteiger partial charge in [0.15, 0.2) is 5.16 Å². The Morgan fingerprint density at radius 2 is 1.86 bits per heavy atom. The van der Waals surface area contributed by atoms with Gasteiger partial charge in [-0.1, -0.05) is 36.4 Å². The first-order chi connectivity index (χ1) is 13.6. The normalized spacial score (nSPS) is 13.6. The number of nitrogens with zero attached hydrogens (tertiary/aromatic N) is 4. The molecule has 0 aliphatic carbocycles. The van der Waals surface area contributed by atoms with Gasteiger partial charge in [0.2, 0.25) is 11.9 Å². The van der Waals surface area contributed by atoms with E-state index in [-0.39, 0.29) is 11.7 Å². The molecule has 1 saturated heterocycles. The Balaban J connectivity index is 1.74. The van der Waals surface area contributed by atoms with Crippen molar-refractivity contribution in [2.45, 2.75) is 38.3 Å². The van der Waals surface area contributed by atoms with Gasteiger partial charge < -0.3 is 10.2 Å². The number of imide groups is 1. The van der Waals surface area contributed by atoms with Crippen LogP contribution in [0.1, 0.15) is 31.7 Å². The van der Waals surface area contributed by atoms with Crippen molar-refractivity contribution in [2.24, 2.45) is 0 Å². The van der Waals surface area contributed by atoms with E-state index in [1.807, 2.05) is 42.7 Å². The van der Waals surface area contributed by atoms with Gasteiger partial charge in [-0.15, -0.1) is 10.2 Å². The smallest absolute Gasteiger partial charge is 0.321 e.